The molecule has 0 saturated carbocycles. The monoisotopic (exact) mass is 183 g/mol. The van der Waals surface area contributed by atoms with Crippen LogP contribution < -0.4 is 5.32 Å². The Bertz CT molecular complexity index is 291. The van der Waals surface area contributed by atoms with E-state index in [4.69, 9.17) is 9.26 Å². The zero-order valence-corrected chi connectivity index (χ0v) is 7.83. The molecule has 0 amide bonds. The van der Waals surface area contributed by atoms with E-state index in [1.807, 2.05) is 6.92 Å². The fraction of sp³-hybridized carbons (Fsp3) is 0.750. The average molecular weight is 183 g/mol. The lowest BCUT2D eigenvalue weighted by Gasteiger charge is -2.30. The van der Waals surface area contributed by atoms with Crippen LogP contribution in [0.5, 0.6) is 0 Å². The van der Waals surface area contributed by atoms with E-state index in [9.17, 15) is 0 Å². The standard InChI is InChI=1S/C8H13N3O2/c1-6-10-7(13-11-6)8(2)5-9-3-4-12-8/h9H,3-5H2,1-2H3/t8-/m1/s1. The minimum absolute atomic E-state index is 0.459. The number of nitrogens with one attached hydrogen (secondary N) is 1. The van der Waals surface area contributed by atoms with Crippen LogP contribution in [-0.4, -0.2) is 29.8 Å². The maximum Gasteiger partial charge on any atom is 0.259 e. The molecule has 2 heterocycles. The minimum atomic E-state index is -0.459. The summed E-state index contributed by atoms with van der Waals surface area (Å²) >= 11 is 0. The van der Waals surface area contributed by atoms with E-state index in [1.165, 1.54) is 0 Å². The molecule has 1 aliphatic rings. The summed E-state index contributed by atoms with van der Waals surface area (Å²) in [7, 11) is 0. The number of aryl methyl sites for hydroxylation is 1. The van der Waals surface area contributed by atoms with Gasteiger partial charge in [-0.15, -0.1) is 0 Å². The molecule has 72 valence electrons. The minimum Gasteiger partial charge on any atom is -0.363 e. The molecular formula is C8H13N3O2. The second kappa shape index (κ2) is 3.08. The molecule has 1 aromatic rings. The Morgan fingerprint density at radius 3 is 2.92 bits per heavy atom. The molecule has 0 radical (unpaired) electrons. The Kier molecular flexibility index (Phi) is 2.05. The Balaban J connectivity index is 2.22. The zero-order valence-electron chi connectivity index (χ0n) is 7.83. The Morgan fingerprint density at radius 2 is 2.38 bits per heavy atom. The topological polar surface area (TPSA) is 60.2 Å². The molecule has 1 atom stereocenters. The van der Waals surface area contributed by atoms with E-state index >= 15 is 0 Å². The van der Waals surface area contributed by atoms with Gasteiger partial charge >= 0.3 is 0 Å². The summed E-state index contributed by atoms with van der Waals surface area (Å²) in [5, 5.41) is 6.97. The molecule has 0 spiro atoms. The second-order valence-corrected chi connectivity index (χ2v) is 3.40. The molecule has 13 heavy (non-hydrogen) atoms. The van der Waals surface area contributed by atoms with Crippen LogP contribution in [0, 0.1) is 6.92 Å². The smallest absolute Gasteiger partial charge is 0.259 e. The van der Waals surface area contributed by atoms with Gasteiger partial charge in [-0.05, 0) is 13.8 Å². The average Bonchev–Trinajstić information content (AvgIpc) is 2.54. The van der Waals surface area contributed by atoms with Gasteiger partial charge < -0.3 is 14.6 Å². The molecule has 0 aromatic carbocycles. The van der Waals surface area contributed by atoms with E-state index in [2.05, 4.69) is 15.5 Å². The first-order valence-corrected chi connectivity index (χ1v) is 4.36. The third-order valence-electron chi connectivity index (χ3n) is 2.14. The van der Waals surface area contributed by atoms with Gasteiger partial charge in [0.25, 0.3) is 5.89 Å². The summed E-state index contributed by atoms with van der Waals surface area (Å²) in [6, 6.07) is 0. The zero-order chi connectivity index (χ0) is 9.31. The van der Waals surface area contributed by atoms with Crippen molar-refractivity contribution in [1.82, 2.24) is 15.5 Å². The number of ether oxygens (including phenoxy) is 1. The van der Waals surface area contributed by atoms with Crippen molar-refractivity contribution in [2.45, 2.75) is 19.4 Å². The van der Waals surface area contributed by atoms with Crippen LogP contribution in [0.2, 0.25) is 0 Å². The normalized spacial score (nSPS) is 29.1. The van der Waals surface area contributed by atoms with Crippen LogP contribution >= 0.6 is 0 Å². The van der Waals surface area contributed by atoms with Crippen molar-refractivity contribution in [2.24, 2.45) is 0 Å². The van der Waals surface area contributed by atoms with E-state index < -0.39 is 5.60 Å². The van der Waals surface area contributed by atoms with E-state index in [1.54, 1.807) is 6.92 Å². The van der Waals surface area contributed by atoms with Crippen LogP contribution in [0.25, 0.3) is 0 Å². The predicted molar refractivity (Wildman–Crippen MR) is 45.2 cm³/mol. The number of hydrogen-bond donors (Lipinski definition) is 1. The second-order valence-electron chi connectivity index (χ2n) is 3.40. The SMILES string of the molecule is Cc1noc([C@@]2(C)CNCCO2)n1. The van der Waals surface area contributed by atoms with Crippen LogP contribution in [-0.2, 0) is 10.3 Å². The van der Waals surface area contributed by atoms with Gasteiger partial charge in [0.15, 0.2) is 11.4 Å². The highest BCUT2D eigenvalue weighted by atomic mass is 16.5. The van der Waals surface area contributed by atoms with Crippen molar-refractivity contribution in [3.8, 4) is 0 Å². The number of morpholine rings is 1. The number of hydrogen-bond acceptors (Lipinski definition) is 5. The Morgan fingerprint density at radius 1 is 1.54 bits per heavy atom. The van der Waals surface area contributed by atoms with Crippen molar-refractivity contribution in [3.05, 3.63) is 11.7 Å². The summed E-state index contributed by atoms with van der Waals surface area (Å²) in [5.41, 5.74) is -0.459. The molecule has 1 aromatic heterocycles. The predicted octanol–water partition coefficient (Wildman–Crippen LogP) is 0.213. The molecule has 1 aliphatic heterocycles. The Hall–Kier alpha value is -0.940. The summed E-state index contributed by atoms with van der Waals surface area (Å²) in [6.45, 7) is 6.02. The molecule has 1 saturated heterocycles. The lowest BCUT2D eigenvalue weighted by Crippen LogP contribution is -2.45. The van der Waals surface area contributed by atoms with Gasteiger partial charge in [-0.3, -0.25) is 0 Å². The molecule has 2 rings (SSSR count). The van der Waals surface area contributed by atoms with Gasteiger partial charge in [0, 0.05) is 13.1 Å². The summed E-state index contributed by atoms with van der Waals surface area (Å²) in [6.07, 6.45) is 0. The molecule has 5 nitrogen and oxygen atoms in total. The van der Waals surface area contributed by atoms with Crippen LogP contribution in [0.15, 0.2) is 4.52 Å². The van der Waals surface area contributed by atoms with Crippen molar-refractivity contribution in [2.75, 3.05) is 19.7 Å². The first kappa shape index (κ1) is 8.65. The van der Waals surface area contributed by atoms with Crippen molar-refractivity contribution in [3.63, 3.8) is 0 Å². The first-order chi connectivity index (χ1) is 6.21. The third-order valence-corrected chi connectivity index (χ3v) is 2.14. The quantitative estimate of drug-likeness (QED) is 0.674. The van der Waals surface area contributed by atoms with Crippen LogP contribution in [0.3, 0.4) is 0 Å². The van der Waals surface area contributed by atoms with Crippen LogP contribution in [0.1, 0.15) is 18.6 Å². The highest BCUT2D eigenvalue weighted by molar-refractivity contribution is 4.99. The maximum absolute atomic E-state index is 5.61. The fourth-order valence-electron chi connectivity index (χ4n) is 1.38. The van der Waals surface area contributed by atoms with Gasteiger partial charge in [0.2, 0.25) is 0 Å². The van der Waals surface area contributed by atoms with Gasteiger partial charge in [-0.25, -0.2) is 0 Å². The molecule has 0 bridgehead atoms. The van der Waals surface area contributed by atoms with Crippen molar-refractivity contribution in [1.29, 1.82) is 0 Å². The van der Waals surface area contributed by atoms with E-state index in [-0.39, 0.29) is 0 Å². The molecule has 1 N–H and O–H groups in total. The number of rotatable bonds is 1. The lowest BCUT2D eigenvalue weighted by atomic mass is 10.1. The third kappa shape index (κ3) is 1.57. The van der Waals surface area contributed by atoms with Gasteiger partial charge in [-0.1, -0.05) is 5.16 Å². The summed E-state index contributed by atoms with van der Waals surface area (Å²) in [5.74, 6) is 1.20. The summed E-state index contributed by atoms with van der Waals surface area (Å²) in [4.78, 5) is 4.16. The molecule has 0 aliphatic carbocycles. The first-order valence-electron chi connectivity index (χ1n) is 4.36. The molecular weight excluding hydrogens is 170 g/mol. The largest absolute Gasteiger partial charge is 0.363 e. The number of aromatic nitrogens is 2. The van der Waals surface area contributed by atoms with Crippen LogP contribution in [0.4, 0.5) is 0 Å². The fourth-order valence-corrected chi connectivity index (χ4v) is 1.38. The molecule has 1 fully saturated rings. The van der Waals surface area contributed by atoms with E-state index in [0.29, 0.717) is 24.9 Å². The van der Waals surface area contributed by atoms with Crippen molar-refractivity contribution < 1.29 is 9.26 Å². The summed E-state index contributed by atoms with van der Waals surface area (Å²) < 4.78 is 10.7. The molecule has 0 unspecified atom stereocenters. The highest BCUT2D eigenvalue weighted by Crippen LogP contribution is 2.24. The molecule has 5 heteroatoms. The lowest BCUT2D eigenvalue weighted by molar-refractivity contribution is -0.0767. The van der Waals surface area contributed by atoms with Gasteiger partial charge in [-0.2, -0.15) is 4.98 Å². The highest BCUT2D eigenvalue weighted by Gasteiger charge is 2.35. The Labute approximate surface area is 76.5 Å². The van der Waals surface area contributed by atoms with Gasteiger partial charge in [0.1, 0.15) is 0 Å². The van der Waals surface area contributed by atoms with Crippen molar-refractivity contribution >= 4 is 0 Å². The number of nitrogens with zero attached hydrogens (tertiary/aromatic N) is 2. The van der Waals surface area contributed by atoms with E-state index in [0.717, 1.165) is 6.54 Å². The maximum atomic E-state index is 5.61. The van der Waals surface area contributed by atoms with Gasteiger partial charge in [0.05, 0.1) is 6.61 Å².